The van der Waals surface area contributed by atoms with Gasteiger partial charge in [-0.1, -0.05) is 12.1 Å². The molecular formula is C13H17FN2O. The summed E-state index contributed by atoms with van der Waals surface area (Å²) in [5, 5.41) is 3.15. The van der Waals surface area contributed by atoms with Gasteiger partial charge in [0.05, 0.1) is 12.5 Å². The van der Waals surface area contributed by atoms with E-state index >= 15 is 0 Å². The first-order chi connectivity index (χ1) is 8.20. The van der Waals surface area contributed by atoms with Gasteiger partial charge in [-0.25, -0.2) is 4.39 Å². The lowest BCUT2D eigenvalue weighted by Gasteiger charge is -2.37. The Morgan fingerprint density at radius 1 is 1.53 bits per heavy atom. The van der Waals surface area contributed by atoms with Gasteiger partial charge in [-0.3, -0.25) is 4.79 Å². The third-order valence-corrected chi connectivity index (χ3v) is 3.11. The highest BCUT2D eigenvalue weighted by Gasteiger charge is 2.26. The van der Waals surface area contributed by atoms with Crippen LogP contribution in [0.3, 0.4) is 0 Å². The summed E-state index contributed by atoms with van der Waals surface area (Å²) in [7, 11) is 0. The summed E-state index contributed by atoms with van der Waals surface area (Å²) in [6, 6.07) is 6.54. The minimum atomic E-state index is -0.288. The van der Waals surface area contributed by atoms with Crippen molar-refractivity contribution in [2.45, 2.75) is 19.4 Å². The standard InChI is InChI=1S/C13H17FN2O/c1-2-16(12-8-15-9-12)13(17)7-10-4-3-5-11(14)6-10/h3-6,12,15H,2,7-9H2,1H3. The highest BCUT2D eigenvalue weighted by atomic mass is 19.1. The van der Waals surface area contributed by atoms with E-state index in [0.29, 0.717) is 12.6 Å². The summed E-state index contributed by atoms with van der Waals surface area (Å²) in [6.07, 6.45) is 0.280. The summed E-state index contributed by atoms with van der Waals surface area (Å²) >= 11 is 0. The Labute approximate surface area is 101 Å². The van der Waals surface area contributed by atoms with E-state index in [9.17, 15) is 9.18 Å². The summed E-state index contributed by atoms with van der Waals surface area (Å²) in [5.41, 5.74) is 0.737. The van der Waals surface area contributed by atoms with Crippen LogP contribution in [0.15, 0.2) is 24.3 Å². The summed E-state index contributed by atoms with van der Waals surface area (Å²) in [6.45, 7) is 4.41. The second-order valence-corrected chi connectivity index (χ2v) is 4.30. The number of benzene rings is 1. The largest absolute Gasteiger partial charge is 0.337 e. The fourth-order valence-electron chi connectivity index (χ4n) is 2.06. The molecule has 0 unspecified atom stereocenters. The maximum Gasteiger partial charge on any atom is 0.227 e. The van der Waals surface area contributed by atoms with E-state index in [-0.39, 0.29) is 18.1 Å². The van der Waals surface area contributed by atoms with Crippen molar-refractivity contribution in [3.05, 3.63) is 35.6 Å². The fraction of sp³-hybridized carbons (Fsp3) is 0.462. The number of hydrogen-bond acceptors (Lipinski definition) is 2. The molecule has 0 bridgehead atoms. The Morgan fingerprint density at radius 3 is 2.82 bits per heavy atom. The zero-order valence-electron chi connectivity index (χ0n) is 9.95. The molecule has 3 nitrogen and oxygen atoms in total. The van der Waals surface area contributed by atoms with Gasteiger partial charge in [-0.05, 0) is 24.6 Å². The van der Waals surface area contributed by atoms with Crippen LogP contribution in [0.4, 0.5) is 4.39 Å². The topological polar surface area (TPSA) is 32.3 Å². The molecule has 0 aromatic heterocycles. The molecule has 1 amide bonds. The number of halogens is 1. The van der Waals surface area contributed by atoms with Crippen LogP contribution in [-0.2, 0) is 11.2 Å². The van der Waals surface area contributed by atoms with E-state index in [2.05, 4.69) is 5.32 Å². The van der Waals surface area contributed by atoms with Crippen molar-refractivity contribution >= 4 is 5.91 Å². The number of nitrogens with zero attached hydrogens (tertiary/aromatic N) is 1. The number of rotatable bonds is 4. The molecule has 1 N–H and O–H groups in total. The van der Waals surface area contributed by atoms with E-state index < -0.39 is 0 Å². The maximum absolute atomic E-state index is 13.0. The Balaban J connectivity index is 1.99. The monoisotopic (exact) mass is 236 g/mol. The predicted octanol–water partition coefficient (Wildman–Crippen LogP) is 1.19. The zero-order chi connectivity index (χ0) is 12.3. The number of likely N-dealkylation sites (N-methyl/N-ethyl adjacent to an activating group) is 1. The van der Waals surface area contributed by atoms with E-state index in [1.54, 1.807) is 12.1 Å². The minimum Gasteiger partial charge on any atom is -0.337 e. The predicted molar refractivity (Wildman–Crippen MR) is 64.1 cm³/mol. The Bertz CT molecular complexity index is 404. The van der Waals surface area contributed by atoms with Crippen LogP contribution >= 0.6 is 0 Å². The smallest absolute Gasteiger partial charge is 0.227 e. The Morgan fingerprint density at radius 2 is 2.29 bits per heavy atom. The maximum atomic E-state index is 13.0. The van der Waals surface area contributed by atoms with E-state index in [1.165, 1.54) is 12.1 Å². The van der Waals surface area contributed by atoms with Crippen molar-refractivity contribution in [1.82, 2.24) is 10.2 Å². The van der Waals surface area contributed by atoms with E-state index in [1.807, 2.05) is 11.8 Å². The fourth-order valence-corrected chi connectivity index (χ4v) is 2.06. The van der Waals surface area contributed by atoms with Crippen LogP contribution in [0.2, 0.25) is 0 Å². The van der Waals surface area contributed by atoms with Gasteiger partial charge < -0.3 is 10.2 Å². The molecule has 4 heteroatoms. The van der Waals surface area contributed by atoms with Gasteiger partial charge in [-0.15, -0.1) is 0 Å². The molecule has 92 valence electrons. The van der Waals surface area contributed by atoms with Gasteiger partial charge in [0, 0.05) is 19.6 Å². The van der Waals surface area contributed by atoms with Gasteiger partial charge in [0.25, 0.3) is 0 Å². The van der Waals surface area contributed by atoms with Crippen LogP contribution < -0.4 is 5.32 Å². The van der Waals surface area contributed by atoms with Crippen molar-refractivity contribution < 1.29 is 9.18 Å². The molecule has 1 saturated heterocycles. The molecule has 2 rings (SSSR count). The van der Waals surface area contributed by atoms with Crippen LogP contribution in [0.25, 0.3) is 0 Å². The molecular weight excluding hydrogens is 219 g/mol. The number of hydrogen-bond donors (Lipinski definition) is 1. The first kappa shape index (κ1) is 12.0. The second kappa shape index (κ2) is 5.27. The Kier molecular flexibility index (Phi) is 3.74. The molecule has 1 aromatic carbocycles. The van der Waals surface area contributed by atoms with Crippen molar-refractivity contribution in [1.29, 1.82) is 0 Å². The average Bonchev–Trinajstić information content (AvgIpc) is 2.22. The first-order valence-corrected chi connectivity index (χ1v) is 5.95. The van der Waals surface area contributed by atoms with Gasteiger partial charge in [0.15, 0.2) is 0 Å². The lowest BCUT2D eigenvalue weighted by Crippen LogP contribution is -2.59. The first-order valence-electron chi connectivity index (χ1n) is 5.95. The molecule has 1 aliphatic heterocycles. The number of nitrogens with one attached hydrogen (secondary N) is 1. The molecule has 0 atom stereocenters. The molecule has 1 aliphatic rings. The SMILES string of the molecule is CCN(C(=O)Cc1cccc(F)c1)C1CNC1. The van der Waals surface area contributed by atoms with Gasteiger partial charge >= 0.3 is 0 Å². The van der Waals surface area contributed by atoms with Crippen molar-refractivity contribution in [2.24, 2.45) is 0 Å². The lowest BCUT2D eigenvalue weighted by atomic mass is 10.1. The second-order valence-electron chi connectivity index (χ2n) is 4.30. The molecule has 17 heavy (non-hydrogen) atoms. The van der Waals surface area contributed by atoms with Crippen molar-refractivity contribution in [3.8, 4) is 0 Å². The quantitative estimate of drug-likeness (QED) is 0.851. The van der Waals surface area contributed by atoms with Crippen molar-refractivity contribution in [2.75, 3.05) is 19.6 Å². The average molecular weight is 236 g/mol. The molecule has 1 fully saturated rings. The summed E-state index contributed by atoms with van der Waals surface area (Å²) in [4.78, 5) is 13.9. The lowest BCUT2D eigenvalue weighted by molar-refractivity contribution is -0.133. The van der Waals surface area contributed by atoms with Crippen LogP contribution in [0.5, 0.6) is 0 Å². The molecule has 0 aliphatic carbocycles. The molecule has 0 saturated carbocycles. The van der Waals surface area contributed by atoms with Gasteiger partial charge in [-0.2, -0.15) is 0 Å². The minimum absolute atomic E-state index is 0.0737. The third kappa shape index (κ3) is 2.82. The molecule has 0 radical (unpaired) electrons. The normalized spacial score (nSPS) is 15.4. The van der Waals surface area contributed by atoms with Crippen LogP contribution in [0, 0.1) is 5.82 Å². The summed E-state index contributed by atoms with van der Waals surface area (Å²) < 4.78 is 13.0. The highest BCUT2D eigenvalue weighted by Crippen LogP contribution is 2.10. The Hall–Kier alpha value is -1.42. The number of carbonyl (C=O) groups is 1. The van der Waals surface area contributed by atoms with Crippen LogP contribution in [-0.4, -0.2) is 36.5 Å². The van der Waals surface area contributed by atoms with E-state index in [0.717, 1.165) is 18.7 Å². The molecule has 1 aromatic rings. The highest BCUT2D eigenvalue weighted by molar-refractivity contribution is 5.79. The van der Waals surface area contributed by atoms with Gasteiger partial charge in [0.2, 0.25) is 5.91 Å². The number of amides is 1. The molecule has 0 spiro atoms. The third-order valence-electron chi connectivity index (χ3n) is 3.11. The zero-order valence-corrected chi connectivity index (χ0v) is 9.95. The number of carbonyl (C=O) groups excluding carboxylic acids is 1. The van der Waals surface area contributed by atoms with Gasteiger partial charge in [0.1, 0.15) is 5.82 Å². The van der Waals surface area contributed by atoms with E-state index in [4.69, 9.17) is 0 Å². The summed E-state index contributed by atoms with van der Waals surface area (Å²) in [5.74, 6) is -0.215. The van der Waals surface area contributed by atoms with Crippen molar-refractivity contribution in [3.63, 3.8) is 0 Å². The van der Waals surface area contributed by atoms with Crippen LogP contribution in [0.1, 0.15) is 12.5 Å². The molecule has 1 heterocycles.